The van der Waals surface area contributed by atoms with E-state index < -0.39 is 0 Å². The van der Waals surface area contributed by atoms with E-state index in [2.05, 4.69) is 29.3 Å². The molecule has 0 aliphatic rings. The summed E-state index contributed by atoms with van der Waals surface area (Å²) >= 11 is 0. The first-order valence-electron chi connectivity index (χ1n) is 6.27. The molecule has 0 fully saturated rings. The molecule has 0 unspecified atom stereocenters. The van der Waals surface area contributed by atoms with Crippen molar-refractivity contribution >= 4 is 6.03 Å². The van der Waals surface area contributed by atoms with Crippen LogP contribution in [0.15, 0.2) is 4.52 Å². The summed E-state index contributed by atoms with van der Waals surface area (Å²) in [6.07, 6.45) is 2.11. The molecule has 0 aromatic carbocycles. The van der Waals surface area contributed by atoms with Gasteiger partial charge >= 0.3 is 6.03 Å². The lowest BCUT2D eigenvalue weighted by molar-refractivity contribution is 0.199. The number of hydrogen-bond acceptors (Lipinski definition) is 4. The standard InChI is InChI=1S/C12H22N4O2/c1-9(2)6-5-7-13-12(17)16(4)8-11-14-10(3)15-18-11/h9H,5-8H2,1-4H3,(H,13,17). The van der Waals surface area contributed by atoms with Gasteiger partial charge in [0, 0.05) is 13.6 Å². The molecule has 0 radical (unpaired) electrons. The van der Waals surface area contributed by atoms with Gasteiger partial charge in [0.25, 0.3) is 0 Å². The third-order valence-electron chi connectivity index (χ3n) is 2.52. The summed E-state index contributed by atoms with van der Waals surface area (Å²) < 4.78 is 4.96. The Morgan fingerprint density at radius 1 is 1.50 bits per heavy atom. The molecule has 0 aliphatic heterocycles. The summed E-state index contributed by atoms with van der Waals surface area (Å²) in [5.41, 5.74) is 0. The van der Waals surface area contributed by atoms with Crippen LogP contribution in [-0.2, 0) is 6.54 Å². The van der Waals surface area contributed by atoms with Gasteiger partial charge in [-0.2, -0.15) is 4.98 Å². The van der Waals surface area contributed by atoms with Crippen LogP contribution in [0.4, 0.5) is 4.79 Å². The van der Waals surface area contributed by atoms with Crippen molar-refractivity contribution in [1.82, 2.24) is 20.4 Å². The van der Waals surface area contributed by atoms with Crippen LogP contribution in [0, 0.1) is 12.8 Å². The molecule has 0 bridgehead atoms. The molecule has 0 saturated carbocycles. The number of urea groups is 1. The van der Waals surface area contributed by atoms with Crippen LogP contribution in [0.25, 0.3) is 0 Å². The van der Waals surface area contributed by atoms with Crippen molar-refractivity contribution in [2.24, 2.45) is 5.92 Å². The molecule has 1 aromatic heterocycles. The highest BCUT2D eigenvalue weighted by molar-refractivity contribution is 5.73. The van der Waals surface area contributed by atoms with Crippen LogP contribution < -0.4 is 5.32 Å². The second-order valence-electron chi connectivity index (χ2n) is 4.86. The van der Waals surface area contributed by atoms with E-state index in [0.717, 1.165) is 12.8 Å². The van der Waals surface area contributed by atoms with Gasteiger partial charge in [0.2, 0.25) is 5.89 Å². The second-order valence-corrected chi connectivity index (χ2v) is 4.86. The number of nitrogens with zero attached hydrogens (tertiary/aromatic N) is 3. The zero-order valence-corrected chi connectivity index (χ0v) is 11.6. The van der Waals surface area contributed by atoms with Gasteiger partial charge in [-0.15, -0.1) is 0 Å². The van der Waals surface area contributed by atoms with E-state index in [0.29, 0.717) is 30.7 Å². The Kier molecular flexibility index (Phi) is 5.61. The van der Waals surface area contributed by atoms with Crippen LogP contribution in [0.2, 0.25) is 0 Å². The molecule has 18 heavy (non-hydrogen) atoms. The summed E-state index contributed by atoms with van der Waals surface area (Å²) in [5.74, 6) is 1.70. The van der Waals surface area contributed by atoms with Crippen molar-refractivity contribution in [1.29, 1.82) is 0 Å². The Balaban J connectivity index is 2.24. The Morgan fingerprint density at radius 2 is 2.22 bits per heavy atom. The van der Waals surface area contributed by atoms with Crippen molar-refractivity contribution in [3.05, 3.63) is 11.7 Å². The van der Waals surface area contributed by atoms with Gasteiger partial charge in [-0.25, -0.2) is 4.79 Å². The number of rotatable bonds is 6. The minimum Gasteiger partial charge on any atom is -0.338 e. The van der Waals surface area contributed by atoms with E-state index in [-0.39, 0.29) is 6.03 Å². The topological polar surface area (TPSA) is 71.3 Å². The molecule has 0 atom stereocenters. The van der Waals surface area contributed by atoms with Crippen molar-refractivity contribution < 1.29 is 9.32 Å². The van der Waals surface area contributed by atoms with Gasteiger partial charge in [0.1, 0.15) is 6.54 Å². The first-order chi connectivity index (χ1) is 8.49. The predicted octanol–water partition coefficient (Wildman–Crippen LogP) is 1.96. The van der Waals surface area contributed by atoms with Gasteiger partial charge in [0.05, 0.1) is 0 Å². The molecule has 1 aromatic rings. The molecule has 0 saturated heterocycles. The average Bonchev–Trinajstić information content (AvgIpc) is 2.69. The highest BCUT2D eigenvalue weighted by Gasteiger charge is 2.12. The van der Waals surface area contributed by atoms with Crippen molar-refractivity contribution in [3.8, 4) is 0 Å². The fourth-order valence-corrected chi connectivity index (χ4v) is 1.52. The summed E-state index contributed by atoms with van der Waals surface area (Å²) in [5, 5.41) is 6.54. The van der Waals surface area contributed by atoms with E-state index in [4.69, 9.17) is 4.52 Å². The molecule has 2 amide bonds. The number of carbonyl (C=O) groups excluding carboxylic acids is 1. The zero-order chi connectivity index (χ0) is 13.5. The van der Waals surface area contributed by atoms with E-state index in [1.165, 1.54) is 4.90 Å². The van der Waals surface area contributed by atoms with E-state index in [9.17, 15) is 4.79 Å². The minimum absolute atomic E-state index is 0.116. The third kappa shape index (κ3) is 5.16. The summed E-state index contributed by atoms with van der Waals surface area (Å²) in [6, 6.07) is -0.116. The maximum Gasteiger partial charge on any atom is 0.317 e. The third-order valence-corrected chi connectivity index (χ3v) is 2.52. The Labute approximate surface area is 108 Å². The molecule has 1 rings (SSSR count). The highest BCUT2D eigenvalue weighted by atomic mass is 16.5. The van der Waals surface area contributed by atoms with Gasteiger partial charge in [-0.3, -0.25) is 0 Å². The molecule has 102 valence electrons. The number of carbonyl (C=O) groups is 1. The van der Waals surface area contributed by atoms with Crippen LogP contribution >= 0.6 is 0 Å². The molecule has 0 spiro atoms. The molecular formula is C12H22N4O2. The first-order valence-corrected chi connectivity index (χ1v) is 6.27. The van der Waals surface area contributed by atoms with Crippen molar-refractivity contribution in [2.45, 2.75) is 40.2 Å². The predicted molar refractivity (Wildman–Crippen MR) is 68.0 cm³/mol. The van der Waals surface area contributed by atoms with E-state index >= 15 is 0 Å². The molecule has 0 aliphatic carbocycles. The molecule has 6 nitrogen and oxygen atoms in total. The lowest BCUT2D eigenvalue weighted by Gasteiger charge is -2.15. The van der Waals surface area contributed by atoms with Gasteiger partial charge in [0.15, 0.2) is 5.82 Å². The number of aryl methyl sites for hydroxylation is 1. The number of nitrogens with one attached hydrogen (secondary N) is 1. The Morgan fingerprint density at radius 3 is 2.78 bits per heavy atom. The SMILES string of the molecule is Cc1noc(CN(C)C(=O)NCCCC(C)C)n1. The first kappa shape index (κ1) is 14.5. The minimum atomic E-state index is -0.116. The van der Waals surface area contributed by atoms with Gasteiger partial charge in [-0.05, 0) is 25.7 Å². The number of amides is 2. The number of aromatic nitrogens is 2. The van der Waals surface area contributed by atoms with E-state index in [1.54, 1.807) is 14.0 Å². The summed E-state index contributed by atoms with van der Waals surface area (Å²) in [4.78, 5) is 17.3. The van der Waals surface area contributed by atoms with Gasteiger partial charge in [-0.1, -0.05) is 19.0 Å². The number of hydrogen-bond donors (Lipinski definition) is 1. The largest absolute Gasteiger partial charge is 0.338 e. The van der Waals surface area contributed by atoms with Crippen molar-refractivity contribution in [2.75, 3.05) is 13.6 Å². The van der Waals surface area contributed by atoms with Gasteiger partial charge < -0.3 is 14.7 Å². The molecule has 1 N–H and O–H groups in total. The Hall–Kier alpha value is -1.59. The quantitative estimate of drug-likeness (QED) is 0.788. The normalized spacial score (nSPS) is 10.7. The fourth-order valence-electron chi connectivity index (χ4n) is 1.52. The van der Waals surface area contributed by atoms with Crippen LogP contribution in [-0.4, -0.2) is 34.7 Å². The monoisotopic (exact) mass is 254 g/mol. The van der Waals surface area contributed by atoms with Crippen LogP contribution in [0.5, 0.6) is 0 Å². The zero-order valence-electron chi connectivity index (χ0n) is 11.6. The average molecular weight is 254 g/mol. The van der Waals surface area contributed by atoms with E-state index in [1.807, 2.05) is 0 Å². The van der Waals surface area contributed by atoms with Crippen molar-refractivity contribution in [3.63, 3.8) is 0 Å². The lowest BCUT2D eigenvalue weighted by atomic mass is 10.1. The van der Waals surface area contributed by atoms with Crippen LogP contribution in [0.1, 0.15) is 38.4 Å². The Bertz CT molecular complexity index is 376. The fraction of sp³-hybridized carbons (Fsp3) is 0.750. The smallest absolute Gasteiger partial charge is 0.317 e. The molecule has 1 heterocycles. The highest BCUT2D eigenvalue weighted by Crippen LogP contribution is 2.03. The second kappa shape index (κ2) is 6.98. The summed E-state index contributed by atoms with van der Waals surface area (Å²) in [6.45, 7) is 7.12. The lowest BCUT2D eigenvalue weighted by Crippen LogP contribution is -2.37. The maximum atomic E-state index is 11.7. The molecule has 6 heteroatoms. The maximum absolute atomic E-state index is 11.7. The summed E-state index contributed by atoms with van der Waals surface area (Å²) in [7, 11) is 1.71. The van der Waals surface area contributed by atoms with Crippen LogP contribution in [0.3, 0.4) is 0 Å². The molecular weight excluding hydrogens is 232 g/mol.